The molecule has 0 aliphatic carbocycles. The van der Waals surface area contributed by atoms with E-state index in [1.807, 2.05) is 31.2 Å². The van der Waals surface area contributed by atoms with E-state index in [1.165, 1.54) is 16.7 Å². The number of ether oxygens (including phenoxy) is 1. The van der Waals surface area contributed by atoms with Crippen LogP contribution in [-0.2, 0) is 21.9 Å². The summed E-state index contributed by atoms with van der Waals surface area (Å²) >= 11 is 1.59. The summed E-state index contributed by atoms with van der Waals surface area (Å²) in [6.45, 7) is 11.2. The number of nitrogens with zero attached hydrogens (tertiary/aromatic N) is 1. The Balaban J connectivity index is 2.14. The third-order valence-corrected chi connectivity index (χ3v) is 6.35. The van der Waals surface area contributed by atoms with Gasteiger partial charge in [0.1, 0.15) is 11.8 Å². The van der Waals surface area contributed by atoms with Crippen LogP contribution in [0.5, 0.6) is 5.75 Å². The fourth-order valence-corrected chi connectivity index (χ4v) is 4.61. The zero-order chi connectivity index (χ0) is 24.4. The molecule has 1 atom stereocenters. The number of hydrogen-bond donors (Lipinski definition) is 1. The molecule has 0 bridgehead atoms. The molecular weight excluding hydrogens is 432 g/mol. The molecule has 2 amide bonds. The normalized spacial score (nSPS) is 11.8. The second-order valence-corrected chi connectivity index (χ2v) is 9.91. The molecule has 2 rings (SSSR count). The quantitative estimate of drug-likeness (QED) is 0.467. The number of benzene rings is 2. The highest BCUT2D eigenvalue weighted by molar-refractivity contribution is 7.99. The molecule has 180 valence electrons. The number of amides is 2. The number of thioether (sulfide) groups is 1. The highest BCUT2D eigenvalue weighted by atomic mass is 32.2. The van der Waals surface area contributed by atoms with Crippen LogP contribution in [0.3, 0.4) is 0 Å². The molecule has 2 aromatic rings. The van der Waals surface area contributed by atoms with Gasteiger partial charge in [-0.25, -0.2) is 0 Å². The van der Waals surface area contributed by atoms with Crippen LogP contribution in [0.1, 0.15) is 49.4 Å². The summed E-state index contributed by atoms with van der Waals surface area (Å²) in [5, 5.41) is 3.01. The van der Waals surface area contributed by atoms with E-state index in [2.05, 4.69) is 51.2 Å². The summed E-state index contributed by atoms with van der Waals surface area (Å²) in [6.07, 6.45) is 0.563. The molecule has 1 N–H and O–H groups in total. The molecular formula is C27H38N2O3S. The molecule has 0 aromatic heterocycles. The van der Waals surface area contributed by atoms with Gasteiger partial charge in [-0.3, -0.25) is 9.59 Å². The van der Waals surface area contributed by atoms with E-state index >= 15 is 0 Å². The summed E-state index contributed by atoms with van der Waals surface area (Å²) in [5.41, 5.74) is 4.64. The number of rotatable bonds is 12. The Morgan fingerprint density at radius 1 is 1.03 bits per heavy atom. The lowest BCUT2D eigenvalue weighted by molar-refractivity contribution is -0.139. The van der Waals surface area contributed by atoms with Gasteiger partial charge < -0.3 is 15.0 Å². The topological polar surface area (TPSA) is 58.6 Å². The zero-order valence-electron chi connectivity index (χ0n) is 20.8. The van der Waals surface area contributed by atoms with Gasteiger partial charge >= 0.3 is 0 Å². The Morgan fingerprint density at radius 3 is 2.21 bits per heavy atom. The van der Waals surface area contributed by atoms with Crippen molar-refractivity contribution in [3.63, 3.8) is 0 Å². The lowest BCUT2D eigenvalue weighted by atomic mass is 10.1. The monoisotopic (exact) mass is 470 g/mol. The van der Waals surface area contributed by atoms with Crippen LogP contribution in [0.15, 0.2) is 42.5 Å². The van der Waals surface area contributed by atoms with Gasteiger partial charge in [0.15, 0.2) is 0 Å². The van der Waals surface area contributed by atoms with Crippen molar-refractivity contribution in [3.05, 3.63) is 64.7 Å². The first-order chi connectivity index (χ1) is 15.7. The van der Waals surface area contributed by atoms with Gasteiger partial charge in [0.05, 0.1) is 12.9 Å². The fourth-order valence-electron chi connectivity index (χ4n) is 3.76. The maximum atomic E-state index is 13.3. The average molecular weight is 471 g/mol. The summed E-state index contributed by atoms with van der Waals surface area (Å²) < 4.78 is 5.25. The van der Waals surface area contributed by atoms with Crippen molar-refractivity contribution >= 4 is 23.6 Å². The molecule has 5 nitrogen and oxygen atoms in total. The van der Waals surface area contributed by atoms with Crippen LogP contribution < -0.4 is 10.1 Å². The number of methoxy groups -OCH3 is 1. The molecule has 2 aromatic carbocycles. The Bertz CT molecular complexity index is 892. The van der Waals surface area contributed by atoms with E-state index in [0.717, 1.165) is 17.1 Å². The molecule has 0 spiro atoms. The Morgan fingerprint density at radius 2 is 1.67 bits per heavy atom. The van der Waals surface area contributed by atoms with Crippen LogP contribution in [0.25, 0.3) is 0 Å². The van der Waals surface area contributed by atoms with Crippen molar-refractivity contribution in [2.45, 2.75) is 59.4 Å². The first-order valence-electron chi connectivity index (χ1n) is 11.6. The second kappa shape index (κ2) is 13.3. The van der Waals surface area contributed by atoms with E-state index in [0.29, 0.717) is 31.2 Å². The Hall–Kier alpha value is -2.47. The number of carbonyl (C=O) groups excluding carboxylic acids is 2. The minimum atomic E-state index is -0.500. The van der Waals surface area contributed by atoms with Gasteiger partial charge in [-0.15, -0.1) is 11.8 Å². The molecule has 1 unspecified atom stereocenters. The average Bonchev–Trinajstić information content (AvgIpc) is 2.77. The van der Waals surface area contributed by atoms with E-state index in [9.17, 15) is 9.59 Å². The predicted octanol–water partition coefficient (Wildman–Crippen LogP) is 5.12. The van der Waals surface area contributed by atoms with Crippen LogP contribution in [0.4, 0.5) is 0 Å². The predicted molar refractivity (Wildman–Crippen MR) is 138 cm³/mol. The van der Waals surface area contributed by atoms with Gasteiger partial charge in [0.2, 0.25) is 11.8 Å². The van der Waals surface area contributed by atoms with Crippen molar-refractivity contribution in [2.75, 3.05) is 19.4 Å². The van der Waals surface area contributed by atoms with Gasteiger partial charge in [0, 0.05) is 18.8 Å². The van der Waals surface area contributed by atoms with Crippen molar-refractivity contribution in [2.24, 2.45) is 5.92 Å². The minimum Gasteiger partial charge on any atom is -0.497 e. The molecule has 6 heteroatoms. The standard InChI is InChI=1S/C27H38N2O3S/c1-7-25(27(31)28-15-19(2)3)29(16-22-8-10-24(32-6)11-9-22)26(30)18-33-17-23-13-20(4)12-21(5)14-23/h8-14,19,25H,7,15-18H2,1-6H3,(H,28,31). The fraction of sp³-hybridized carbons (Fsp3) is 0.481. The lowest BCUT2D eigenvalue weighted by Gasteiger charge is -2.31. The smallest absolute Gasteiger partial charge is 0.242 e. The van der Waals surface area contributed by atoms with Crippen LogP contribution in [-0.4, -0.2) is 42.2 Å². The summed E-state index contributed by atoms with van der Waals surface area (Å²) in [4.78, 5) is 28.0. The highest BCUT2D eigenvalue weighted by Gasteiger charge is 2.28. The second-order valence-electron chi connectivity index (χ2n) is 8.92. The lowest BCUT2D eigenvalue weighted by Crippen LogP contribution is -2.50. The maximum absolute atomic E-state index is 13.3. The number of nitrogens with one attached hydrogen (secondary N) is 1. The third kappa shape index (κ3) is 8.77. The van der Waals surface area contributed by atoms with Crippen LogP contribution in [0, 0.1) is 19.8 Å². The van der Waals surface area contributed by atoms with Crippen LogP contribution >= 0.6 is 11.8 Å². The molecule has 0 aliphatic heterocycles. The third-order valence-electron chi connectivity index (χ3n) is 5.36. The van der Waals surface area contributed by atoms with E-state index in [1.54, 1.807) is 23.8 Å². The summed E-state index contributed by atoms with van der Waals surface area (Å²) in [5.74, 6) is 2.10. The van der Waals surface area contributed by atoms with Crippen LogP contribution in [0.2, 0.25) is 0 Å². The molecule has 33 heavy (non-hydrogen) atoms. The first-order valence-corrected chi connectivity index (χ1v) is 12.7. The molecule has 0 aliphatic rings. The Labute approximate surface area is 203 Å². The first kappa shape index (κ1) is 26.8. The summed E-state index contributed by atoms with van der Waals surface area (Å²) in [6, 6.07) is 13.6. The molecule has 0 heterocycles. The van der Waals surface area contributed by atoms with Gasteiger partial charge in [-0.05, 0) is 49.4 Å². The summed E-state index contributed by atoms with van der Waals surface area (Å²) in [7, 11) is 1.63. The highest BCUT2D eigenvalue weighted by Crippen LogP contribution is 2.20. The van der Waals surface area contributed by atoms with Crippen molar-refractivity contribution < 1.29 is 14.3 Å². The molecule has 0 radical (unpaired) electrons. The van der Waals surface area contributed by atoms with Crippen molar-refractivity contribution in [3.8, 4) is 5.75 Å². The number of aryl methyl sites for hydroxylation is 2. The van der Waals surface area contributed by atoms with Gasteiger partial charge in [0.25, 0.3) is 0 Å². The van der Waals surface area contributed by atoms with Gasteiger partial charge in [-0.1, -0.05) is 62.2 Å². The largest absolute Gasteiger partial charge is 0.497 e. The number of carbonyl (C=O) groups is 2. The van der Waals surface area contributed by atoms with Crippen molar-refractivity contribution in [1.82, 2.24) is 10.2 Å². The molecule has 0 saturated heterocycles. The SMILES string of the molecule is CCC(C(=O)NCC(C)C)N(Cc1ccc(OC)cc1)C(=O)CSCc1cc(C)cc(C)c1. The van der Waals surface area contributed by atoms with E-state index in [-0.39, 0.29) is 11.8 Å². The molecule has 0 saturated carbocycles. The van der Waals surface area contributed by atoms with Crippen molar-refractivity contribution in [1.29, 1.82) is 0 Å². The maximum Gasteiger partial charge on any atom is 0.242 e. The Kier molecular flexibility index (Phi) is 10.8. The number of hydrogen-bond acceptors (Lipinski definition) is 4. The minimum absolute atomic E-state index is 0.0215. The molecule has 0 fully saturated rings. The van der Waals surface area contributed by atoms with E-state index in [4.69, 9.17) is 4.74 Å². The van der Waals surface area contributed by atoms with Gasteiger partial charge in [-0.2, -0.15) is 0 Å². The zero-order valence-corrected chi connectivity index (χ0v) is 21.6. The van der Waals surface area contributed by atoms with E-state index < -0.39 is 6.04 Å².